The Bertz CT molecular complexity index is 998. The smallest absolute Gasteiger partial charge is 0.497 e. The Morgan fingerprint density at radius 2 is 1.55 bits per heavy atom. The number of piperazine rings is 1. The first-order valence-corrected chi connectivity index (χ1v) is 11.2. The van der Waals surface area contributed by atoms with Crippen LogP contribution in [0.4, 0.5) is 13.2 Å². The van der Waals surface area contributed by atoms with E-state index in [2.05, 4.69) is 4.90 Å². The predicted molar refractivity (Wildman–Crippen MR) is 109 cm³/mol. The molecule has 2 aromatic carbocycles. The lowest BCUT2D eigenvalue weighted by atomic mass is 10.1. The monoisotopic (exact) mass is 456 g/mol. The maximum atomic E-state index is 12.6. The molecule has 1 aliphatic rings. The zero-order valence-electron chi connectivity index (χ0n) is 16.9. The zero-order valence-corrected chi connectivity index (χ0v) is 17.7. The van der Waals surface area contributed by atoms with Gasteiger partial charge in [0.15, 0.2) is 0 Å². The van der Waals surface area contributed by atoms with Gasteiger partial charge in [-0.3, -0.25) is 9.69 Å². The second kappa shape index (κ2) is 9.27. The Balaban J connectivity index is 1.52. The molecule has 2 aromatic rings. The van der Waals surface area contributed by atoms with Gasteiger partial charge in [-0.15, -0.1) is 0 Å². The van der Waals surface area contributed by atoms with Crippen LogP contribution in [0.25, 0.3) is 0 Å². The molecule has 1 saturated heterocycles. The molecule has 31 heavy (non-hydrogen) atoms. The first kappa shape index (κ1) is 23.1. The minimum absolute atomic E-state index is 0.160. The standard InChI is InChI=1S/C21H23F3N2O4S/c1-30-18-6-2-16(3-7-18)10-11-25-12-14-26(15-13-25)20(27)17-4-8-19(9-5-17)31(28,29)21(22,23)24/h2-9H,10-15H2,1H3. The van der Waals surface area contributed by atoms with Crippen LogP contribution in [-0.4, -0.2) is 69.5 Å². The summed E-state index contributed by atoms with van der Waals surface area (Å²) in [6.45, 7) is 3.19. The second-order valence-corrected chi connectivity index (χ2v) is 9.15. The van der Waals surface area contributed by atoms with Crippen molar-refractivity contribution in [1.82, 2.24) is 9.80 Å². The molecule has 0 unspecified atom stereocenters. The molecule has 0 aliphatic carbocycles. The highest BCUT2D eigenvalue weighted by Gasteiger charge is 2.46. The summed E-state index contributed by atoms with van der Waals surface area (Å²) in [4.78, 5) is 15.6. The highest BCUT2D eigenvalue weighted by molar-refractivity contribution is 7.92. The van der Waals surface area contributed by atoms with E-state index in [-0.39, 0.29) is 11.5 Å². The average molecular weight is 456 g/mol. The van der Waals surface area contributed by atoms with Gasteiger partial charge in [-0.05, 0) is 48.4 Å². The Morgan fingerprint density at radius 3 is 2.06 bits per heavy atom. The third-order valence-corrected chi connectivity index (χ3v) is 6.75. The van der Waals surface area contributed by atoms with E-state index in [9.17, 15) is 26.4 Å². The topological polar surface area (TPSA) is 66.9 Å². The van der Waals surface area contributed by atoms with Crippen molar-refractivity contribution in [2.75, 3.05) is 39.8 Å². The number of methoxy groups -OCH3 is 1. The van der Waals surface area contributed by atoms with Crippen LogP contribution >= 0.6 is 0 Å². The number of carbonyl (C=O) groups excluding carboxylic acids is 1. The molecule has 168 valence electrons. The number of halogens is 3. The van der Waals surface area contributed by atoms with Crippen molar-refractivity contribution in [2.24, 2.45) is 0 Å². The van der Waals surface area contributed by atoms with E-state index in [1.54, 1.807) is 12.0 Å². The van der Waals surface area contributed by atoms with Crippen LogP contribution in [-0.2, 0) is 16.3 Å². The number of amides is 1. The van der Waals surface area contributed by atoms with E-state index in [0.717, 1.165) is 43.0 Å². The van der Waals surface area contributed by atoms with Gasteiger partial charge >= 0.3 is 5.51 Å². The summed E-state index contributed by atoms with van der Waals surface area (Å²) < 4.78 is 65.9. The number of ether oxygens (including phenoxy) is 1. The summed E-state index contributed by atoms with van der Waals surface area (Å²) in [5, 5.41) is 0. The molecule has 0 atom stereocenters. The van der Waals surface area contributed by atoms with Crippen molar-refractivity contribution in [3.63, 3.8) is 0 Å². The van der Waals surface area contributed by atoms with E-state index in [1.807, 2.05) is 24.3 Å². The third kappa shape index (κ3) is 5.37. The van der Waals surface area contributed by atoms with E-state index in [0.29, 0.717) is 26.2 Å². The van der Waals surface area contributed by atoms with Crippen molar-refractivity contribution >= 4 is 15.7 Å². The SMILES string of the molecule is COc1ccc(CCN2CCN(C(=O)c3ccc(S(=O)(=O)C(F)(F)F)cc3)CC2)cc1. The molecule has 0 aromatic heterocycles. The molecule has 1 amide bonds. The summed E-state index contributed by atoms with van der Waals surface area (Å²) in [6.07, 6.45) is 0.868. The van der Waals surface area contributed by atoms with Crippen LogP contribution in [0.2, 0.25) is 0 Å². The van der Waals surface area contributed by atoms with Gasteiger partial charge in [0.2, 0.25) is 0 Å². The number of sulfone groups is 1. The Hall–Kier alpha value is -2.59. The highest BCUT2D eigenvalue weighted by atomic mass is 32.2. The number of nitrogens with zero attached hydrogens (tertiary/aromatic N) is 2. The van der Waals surface area contributed by atoms with Crippen LogP contribution < -0.4 is 4.74 Å². The summed E-state index contributed by atoms with van der Waals surface area (Å²) in [6, 6.07) is 11.7. The van der Waals surface area contributed by atoms with Crippen molar-refractivity contribution in [3.05, 3.63) is 59.7 Å². The number of carbonyl (C=O) groups is 1. The molecule has 0 N–H and O–H groups in total. The lowest BCUT2D eigenvalue weighted by molar-refractivity contribution is -0.0436. The minimum Gasteiger partial charge on any atom is -0.497 e. The Kier molecular flexibility index (Phi) is 6.90. The van der Waals surface area contributed by atoms with Crippen molar-refractivity contribution in [1.29, 1.82) is 0 Å². The summed E-state index contributed by atoms with van der Waals surface area (Å²) in [5.41, 5.74) is -4.03. The number of alkyl halides is 3. The van der Waals surface area contributed by atoms with E-state index >= 15 is 0 Å². The molecule has 1 heterocycles. The molecular weight excluding hydrogens is 433 g/mol. The molecule has 1 aliphatic heterocycles. The quantitative estimate of drug-likeness (QED) is 0.669. The molecule has 0 bridgehead atoms. The molecule has 3 rings (SSSR count). The van der Waals surface area contributed by atoms with Crippen LogP contribution in [0.5, 0.6) is 5.75 Å². The normalized spacial score (nSPS) is 15.7. The second-order valence-electron chi connectivity index (χ2n) is 7.21. The van der Waals surface area contributed by atoms with Crippen LogP contribution in [0.15, 0.2) is 53.4 Å². The van der Waals surface area contributed by atoms with Gasteiger partial charge in [-0.25, -0.2) is 8.42 Å². The molecule has 0 spiro atoms. The van der Waals surface area contributed by atoms with Gasteiger partial charge in [0.1, 0.15) is 5.75 Å². The van der Waals surface area contributed by atoms with E-state index in [1.165, 1.54) is 5.56 Å². The van der Waals surface area contributed by atoms with Crippen molar-refractivity contribution < 1.29 is 31.1 Å². The first-order chi connectivity index (χ1) is 14.6. The number of hydrogen-bond donors (Lipinski definition) is 0. The molecule has 0 saturated carbocycles. The summed E-state index contributed by atoms with van der Waals surface area (Å²) in [5.74, 6) is 0.477. The molecular formula is C21H23F3N2O4S. The van der Waals surface area contributed by atoms with Crippen molar-refractivity contribution in [3.8, 4) is 5.75 Å². The van der Waals surface area contributed by atoms with Gasteiger partial charge in [0.05, 0.1) is 12.0 Å². The average Bonchev–Trinajstić information content (AvgIpc) is 2.77. The maximum absolute atomic E-state index is 12.6. The van der Waals surface area contributed by atoms with Crippen LogP contribution in [0, 0.1) is 0 Å². The Labute approximate surface area is 179 Å². The summed E-state index contributed by atoms with van der Waals surface area (Å²) >= 11 is 0. The van der Waals surface area contributed by atoms with Crippen molar-refractivity contribution in [2.45, 2.75) is 16.8 Å². The van der Waals surface area contributed by atoms with Gasteiger partial charge in [0, 0.05) is 38.3 Å². The zero-order chi connectivity index (χ0) is 22.6. The molecule has 1 fully saturated rings. The third-order valence-electron chi connectivity index (χ3n) is 5.25. The lowest BCUT2D eigenvalue weighted by Crippen LogP contribution is -2.49. The largest absolute Gasteiger partial charge is 0.501 e. The fraction of sp³-hybridized carbons (Fsp3) is 0.381. The summed E-state index contributed by atoms with van der Waals surface area (Å²) in [7, 11) is -3.80. The van der Waals surface area contributed by atoms with Gasteiger partial charge in [-0.2, -0.15) is 13.2 Å². The maximum Gasteiger partial charge on any atom is 0.501 e. The number of hydrogen-bond acceptors (Lipinski definition) is 5. The molecule has 10 heteroatoms. The number of benzene rings is 2. The van der Waals surface area contributed by atoms with Crippen LogP contribution in [0.3, 0.4) is 0 Å². The minimum atomic E-state index is -5.42. The van der Waals surface area contributed by atoms with Gasteiger partial charge < -0.3 is 9.64 Å². The number of rotatable bonds is 6. The molecule has 0 radical (unpaired) electrons. The van der Waals surface area contributed by atoms with Gasteiger partial charge in [-0.1, -0.05) is 12.1 Å². The first-order valence-electron chi connectivity index (χ1n) is 9.68. The fourth-order valence-electron chi connectivity index (χ4n) is 3.35. The fourth-order valence-corrected chi connectivity index (χ4v) is 4.11. The Morgan fingerprint density at radius 1 is 0.968 bits per heavy atom. The van der Waals surface area contributed by atoms with Crippen LogP contribution in [0.1, 0.15) is 15.9 Å². The molecule has 6 nitrogen and oxygen atoms in total. The van der Waals surface area contributed by atoms with E-state index < -0.39 is 20.2 Å². The van der Waals surface area contributed by atoms with Gasteiger partial charge in [0.25, 0.3) is 15.7 Å². The van der Waals surface area contributed by atoms with E-state index in [4.69, 9.17) is 4.74 Å². The highest BCUT2D eigenvalue weighted by Crippen LogP contribution is 2.30. The predicted octanol–water partition coefficient (Wildman–Crippen LogP) is 2.99. The lowest BCUT2D eigenvalue weighted by Gasteiger charge is -2.34.